The van der Waals surface area contributed by atoms with Crippen molar-refractivity contribution in [2.24, 2.45) is 0 Å². The average Bonchev–Trinajstić information content (AvgIpc) is 2.56. The van der Waals surface area contributed by atoms with Crippen LogP contribution in [-0.2, 0) is 16.0 Å². The number of benzene rings is 1. The van der Waals surface area contributed by atoms with Gasteiger partial charge in [0.15, 0.2) is 23.4 Å². The highest BCUT2D eigenvalue weighted by molar-refractivity contribution is 5.88. The molecule has 1 aliphatic heterocycles. The maximum absolute atomic E-state index is 11.8. The number of hydrogen-bond donors (Lipinski definition) is 3. The van der Waals surface area contributed by atoms with Gasteiger partial charge < -0.3 is 29.5 Å². The summed E-state index contributed by atoms with van der Waals surface area (Å²) < 4.78 is 16.0. The summed E-state index contributed by atoms with van der Waals surface area (Å²) in [5, 5.41) is 28.6. The van der Waals surface area contributed by atoms with Gasteiger partial charge in [0.1, 0.15) is 12.2 Å². The summed E-state index contributed by atoms with van der Waals surface area (Å²) in [5.41, 5.74) is 0.953. The number of allylic oxidation sites excluding steroid dienone is 1. The standard InChI is InChI=1S/C16H20O7/c1-3-4-9-5-6-10(11(7-9)21-2)22-16-15(20)14(19)13(18)12(8-17)23-16/h3,5-7,12-13,15-18,20H,1,4,8H2,2H3/t12-,13-,15-,16-/m1/s1. The number of aliphatic hydroxyl groups excluding tert-OH is 3. The van der Waals surface area contributed by atoms with Gasteiger partial charge in [0.05, 0.1) is 13.7 Å². The Morgan fingerprint density at radius 1 is 1.30 bits per heavy atom. The number of aliphatic hydroxyl groups is 3. The summed E-state index contributed by atoms with van der Waals surface area (Å²) in [6.07, 6.45) is -3.35. The minimum Gasteiger partial charge on any atom is -0.493 e. The molecule has 0 unspecified atom stereocenters. The van der Waals surface area contributed by atoms with Crippen molar-refractivity contribution in [3.63, 3.8) is 0 Å². The van der Waals surface area contributed by atoms with Crippen LogP contribution in [0.1, 0.15) is 5.56 Å². The van der Waals surface area contributed by atoms with E-state index in [1.807, 2.05) is 0 Å². The molecule has 0 amide bonds. The lowest BCUT2D eigenvalue weighted by Gasteiger charge is -2.35. The molecular formula is C16H20O7. The fraction of sp³-hybridized carbons (Fsp3) is 0.438. The van der Waals surface area contributed by atoms with Crippen molar-refractivity contribution < 1.29 is 34.3 Å². The number of ether oxygens (including phenoxy) is 3. The molecule has 0 radical (unpaired) electrons. The zero-order chi connectivity index (χ0) is 17.0. The second kappa shape index (κ2) is 7.56. The normalized spacial score (nSPS) is 27.6. The van der Waals surface area contributed by atoms with Gasteiger partial charge in [-0.05, 0) is 24.1 Å². The Kier molecular flexibility index (Phi) is 5.73. The summed E-state index contributed by atoms with van der Waals surface area (Å²) in [6, 6.07) is 5.15. The Balaban J connectivity index is 2.20. The number of ketones is 1. The topological polar surface area (TPSA) is 105 Å². The van der Waals surface area contributed by atoms with Crippen LogP contribution < -0.4 is 9.47 Å². The van der Waals surface area contributed by atoms with Crippen molar-refractivity contribution in [1.29, 1.82) is 0 Å². The smallest absolute Gasteiger partial charge is 0.234 e. The molecule has 1 heterocycles. The predicted molar refractivity (Wildman–Crippen MR) is 80.3 cm³/mol. The van der Waals surface area contributed by atoms with E-state index >= 15 is 0 Å². The zero-order valence-electron chi connectivity index (χ0n) is 12.7. The van der Waals surface area contributed by atoms with Gasteiger partial charge in [-0.1, -0.05) is 12.1 Å². The van der Waals surface area contributed by atoms with Gasteiger partial charge in [-0.2, -0.15) is 0 Å². The summed E-state index contributed by atoms with van der Waals surface area (Å²) in [7, 11) is 1.46. The quantitative estimate of drug-likeness (QED) is 0.623. The molecule has 7 heteroatoms. The summed E-state index contributed by atoms with van der Waals surface area (Å²) in [5.74, 6) is -0.188. The molecule has 3 N–H and O–H groups in total. The molecule has 1 fully saturated rings. The van der Waals surface area contributed by atoms with E-state index in [9.17, 15) is 15.0 Å². The third-order valence-electron chi connectivity index (χ3n) is 3.53. The Morgan fingerprint density at radius 2 is 2.04 bits per heavy atom. The maximum Gasteiger partial charge on any atom is 0.234 e. The summed E-state index contributed by atoms with van der Waals surface area (Å²) in [4.78, 5) is 11.8. The van der Waals surface area contributed by atoms with Crippen LogP contribution in [0, 0.1) is 0 Å². The molecule has 1 aromatic rings. The maximum atomic E-state index is 11.8. The second-order valence-electron chi connectivity index (χ2n) is 5.11. The molecule has 0 spiro atoms. The molecule has 1 saturated heterocycles. The molecule has 7 nitrogen and oxygen atoms in total. The van der Waals surface area contributed by atoms with Gasteiger partial charge in [-0.15, -0.1) is 6.58 Å². The van der Waals surface area contributed by atoms with E-state index < -0.39 is 37.0 Å². The highest BCUT2D eigenvalue weighted by Crippen LogP contribution is 2.31. The van der Waals surface area contributed by atoms with Gasteiger partial charge in [0, 0.05) is 0 Å². The third kappa shape index (κ3) is 3.70. The number of methoxy groups -OCH3 is 1. The predicted octanol–water partition coefficient (Wildman–Crippen LogP) is -0.189. The Morgan fingerprint density at radius 3 is 2.65 bits per heavy atom. The summed E-state index contributed by atoms with van der Waals surface area (Å²) in [6.45, 7) is 3.09. The molecule has 4 atom stereocenters. The van der Waals surface area contributed by atoms with Crippen LogP contribution in [-0.4, -0.2) is 59.4 Å². The molecule has 1 aromatic carbocycles. The second-order valence-corrected chi connectivity index (χ2v) is 5.11. The monoisotopic (exact) mass is 324 g/mol. The average molecular weight is 324 g/mol. The first-order valence-corrected chi connectivity index (χ1v) is 7.12. The van der Waals surface area contributed by atoms with Crippen molar-refractivity contribution in [2.75, 3.05) is 13.7 Å². The minimum absolute atomic E-state index is 0.269. The van der Waals surface area contributed by atoms with Crippen LogP contribution in [0.2, 0.25) is 0 Å². The van der Waals surface area contributed by atoms with Gasteiger partial charge in [-0.3, -0.25) is 4.79 Å². The van der Waals surface area contributed by atoms with Crippen LogP contribution in [0.5, 0.6) is 11.5 Å². The van der Waals surface area contributed by atoms with E-state index in [0.717, 1.165) is 5.56 Å². The molecule has 1 aliphatic rings. The van der Waals surface area contributed by atoms with Crippen molar-refractivity contribution in [1.82, 2.24) is 0 Å². The SMILES string of the molecule is C=CCc1ccc(O[C@@H]2O[C@H](CO)[C@@H](O)C(=O)[C@H]2O)c(OC)c1. The van der Waals surface area contributed by atoms with Crippen LogP contribution in [0.25, 0.3) is 0 Å². The molecule has 0 aliphatic carbocycles. The van der Waals surface area contributed by atoms with E-state index in [1.54, 1.807) is 24.3 Å². The van der Waals surface area contributed by atoms with E-state index in [1.165, 1.54) is 7.11 Å². The lowest BCUT2D eigenvalue weighted by atomic mass is 10.0. The van der Waals surface area contributed by atoms with Crippen LogP contribution in [0.3, 0.4) is 0 Å². The fourth-order valence-corrected chi connectivity index (χ4v) is 2.28. The van der Waals surface area contributed by atoms with Crippen molar-refractivity contribution in [3.8, 4) is 11.5 Å². The first kappa shape index (κ1) is 17.4. The first-order valence-electron chi connectivity index (χ1n) is 7.12. The summed E-state index contributed by atoms with van der Waals surface area (Å²) >= 11 is 0. The van der Waals surface area contributed by atoms with Gasteiger partial charge in [0.2, 0.25) is 6.29 Å². The van der Waals surface area contributed by atoms with E-state index in [0.29, 0.717) is 12.2 Å². The number of carbonyl (C=O) groups excluding carboxylic acids is 1. The van der Waals surface area contributed by atoms with Crippen molar-refractivity contribution >= 4 is 5.78 Å². The van der Waals surface area contributed by atoms with Gasteiger partial charge >= 0.3 is 0 Å². The molecule has 0 bridgehead atoms. The molecular weight excluding hydrogens is 304 g/mol. The Hall–Kier alpha value is -1.93. The Labute approximate surface area is 133 Å². The zero-order valence-corrected chi connectivity index (χ0v) is 12.7. The molecule has 126 valence electrons. The number of carbonyl (C=O) groups is 1. The molecule has 23 heavy (non-hydrogen) atoms. The van der Waals surface area contributed by atoms with Crippen molar-refractivity contribution in [2.45, 2.75) is 31.0 Å². The lowest BCUT2D eigenvalue weighted by Crippen LogP contribution is -2.57. The van der Waals surface area contributed by atoms with Gasteiger partial charge in [0.25, 0.3) is 0 Å². The number of hydrogen-bond acceptors (Lipinski definition) is 7. The van der Waals surface area contributed by atoms with E-state index in [2.05, 4.69) is 6.58 Å². The molecule has 0 aromatic heterocycles. The highest BCUT2D eigenvalue weighted by atomic mass is 16.7. The number of rotatable bonds is 6. The largest absolute Gasteiger partial charge is 0.493 e. The minimum atomic E-state index is -1.66. The van der Waals surface area contributed by atoms with Gasteiger partial charge in [-0.25, -0.2) is 0 Å². The fourth-order valence-electron chi connectivity index (χ4n) is 2.28. The molecule has 2 rings (SSSR count). The van der Waals surface area contributed by atoms with E-state index in [-0.39, 0.29) is 5.75 Å². The Bertz CT molecular complexity index is 572. The van der Waals surface area contributed by atoms with Crippen molar-refractivity contribution in [3.05, 3.63) is 36.4 Å². The number of Topliss-reactive ketones (excluding diaryl/α,β-unsaturated/α-hetero) is 1. The third-order valence-corrected chi connectivity index (χ3v) is 3.53. The van der Waals surface area contributed by atoms with Crippen LogP contribution >= 0.6 is 0 Å². The van der Waals surface area contributed by atoms with Crippen LogP contribution in [0.15, 0.2) is 30.9 Å². The van der Waals surface area contributed by atoms with Crippen LogP contribution in [0.4, 0.5) is 0 Å². The van der Waals surface area contributed by atoms with E-state index in [4.69, 9.17) is 19.3 Å². The highest BCUT2D eigenvalue weighted by Gasteiger charge is 2.44. The molecule has 0 saturated carbocycles. The lowest BCUT2D eigenvalue weighted by molar-refractivity contribution is -0.229. The first-order chi connectivity index (χ1) is 11.0.